The summed E-state index contributed by atoms with van der Waals surface area (Å²) in [7, 11) is 1.70. The van der Waals surface area contributed by atoms with E-state index in [2.05, 4.69) is 4.74 Å². The molecular weight excluding hydrogens is 285 g/mol. The van der Waals surface area contributed by atoms with Crippen LogP contribution < -0.4 is 10.6 Å². The molecule has 21 heavy (non-hydrogen) atoms. The molecule has 1 aliphatic rings. The van der Waals surface area contributed by atoms with Gasteiger partial charge >= 0.3 is 6.18 Å². The van der Waals surface area contributed by atoms with Crippen LogP contribution in [0, 0.1) is 0 Å². The summed E-state index contributed by atoms with van der Waals surface area (Å²) in [6, 6.07) is 4.70. The number of benzene rings is 1. The van der Waals surface area contributed by atoms with Crippen LogP contribution in [0.2, 0.25) is 0 Å². The molecule has 1 heterocycles. The minimum atomic E-state index is -4.35. The molecule has 116 valence electrons. The first-order valence-electron chi connectivity index (χ1n) is 6.57. The number of carbonyl (C=O) groups excluding carboxylic acids is 1. The Labute approximate surface area is 120 Å². The van der Waals surface area contributed by atoms with E-state index in [1.54, 1.807) is 24.1 Å². The van der Waals surface area contributed by atoms with Gasteiger partial charge in [-0.25, -0.2) is 0 Å². The van der Waals surface area contributed by atoms with Crippen LogP contribution in [0.4, 0.5) is 18.9 Å². The van der Waals surface area contributed by atoms with Gasteiger partial charge in [-0.05, 0) is 23.6 Å². The number of anilines is 1. The maximum absolute atomic E-state index is 12.0. The molecule has 0 aliphatic carbocycles. The Hall–Kier alpha value is -1.60. The highest BCUT2D eigenvalue weighted by atomic mass is 19.4. The lowest BCUT2D eigenvalue weighted by Gasteiger charge is -2.26. The molecule has 2 N–H and O–H groups in total. The average molecular weight is 302 g/mol. The van der Waals surface area contributed by atoms with Crippen molar-refractivity contribution in [3.8, 4) is 0 Å². The standard InChI is InChI=1S/C14H17F3N2O2/c1-19-12-4-2-9(6-10(12)3-5-13(19)20)11(18)7-21-8-14(15,16)17/h2,4,6,11H,3,5,7-8,18H2,1H3. The zero-order chi connectivity index (χ0) is 15.6. The van der Waals surface area contributed by atoms with Crippen molar-refractivity contribution in [3.63, 3.8) is 0 Å². The smallest absolute Gasteiger partial charge is 0.370 e. The SMILES string of the molecule is CN1C(=O)CCc2cc(C(N)COCC(F)(F)F)ccc21. The van der Waals surface area contributed by atoms with E-state index in [9.17, 15) is 18.0 Å². The van der Waals surface area contributed by atoms with Crippen LogP contribution >= 0.6 is 0 Å². The fourth-order valence-electron chi connectivity index (χ4n) is 2.31. The third-order valence-electron chi connectivity index (χ3n) is 3.44. The molecule has 0 radical (unpaired) electrons. The Morgan fingerprint density at radius 1 is 1.38 bits per heavy atom. The Morgan fingerprint density at radius 3 is 2.76 bits per heavy atom. The summed E-state index contributed by atoms with van der Waals surface area (Å²) in [5.74, 6) is 0.0491. The van der Waals surface area contributed by atoms with E-state index in [0.29, 0.717) is 18.4 Å². The van der Waals surface area contributed by atoms with Crippen LogP contribution in [0.1, 0.15) is 23.6 Å². The lowest BCUT2D eigenvalue weighted by molar-refractivity contribution is -0.174. The van der Waals surface area contributed by atoms with E-state index in [4.69, 9.17) is 5.73 Å². The Bertz CT molecular complexity index is 531. The van der Waals surface area contributed by atoms with Gasteiger partial charge in [0, 0.05) is 19.2 Å². The molecule has 1 unspecified atom stereocenters. The maximum Gasteiger partial charge on any atom is 0.411 e. The van der Waals surface area contributed by atoms with Gasteiger partial charge in [0.25, 0.3) is 0 Å². The summed E-state index contributed by atoms with van der Waals surface area (Å²) < 4.78 is 40.6. The van der Waals surface area contributed by atoms with Gasteiger partial charge in [-0.2, -0.15) is 13.2 Å². The minimum absolute atomic E-state index is 0.0491. The van der Waals surface area contributed by atoms with Gasteiger partial charge in [0.15, 0.2) is 0 Å². The Morgan fingerprint density at radius 2 is 2.10 bits per heavy atom. The maximum atomic E-state index is 12.0. The third kappa shape index (κ3) is 3.95. The second kappa shape index (κ2) is 6.03. The first-order valence-corrected chi connectivity index (χ1v) is 6.57. The van der Waals surface area contributed by atoms with Crippen molar-refractivity contribution < 1.29 is 22.7 Å². The molecule has 0 saturated carbocycles. The summed E-state index contributed by atoms with van der Waals surface area (Å²) in [6.07, 6.45) is -3.31. The predicted molar refractivity (Wildman–Crippen MR) is 72.0 cm³/mol. The lowest BCUT2D eigenvalue weighted by atomic mass is 9.97. The fraction of sp³-hybridized carbons (Fsp3) is 0.500. The van der Waals surface area contributed by atoms with Crippen molar-refractivity contribution in [2.45, 2.75) is 25.1 Å². The number of alkyl halides is 3. The molecule has 0 spiro atoms. The quantitative estimate of drug-likeness (QED) is 0.927. The van der Waals surface area contributed by atoms with Crippen molar-refractivity contribution >= 4 is 11.6 Å². The number of aryl methyl sites for hydroxylation is 1. The molecule has 1 amide bonds. The van der Waals surface area contributed by atoms with Crippen LogP contribution in [0.3, 0.4) is 0 Å². The molecule has 0 saturated heterocycles. The highest BCUT2D eigenvalue weighted by Gasteiger charge is 2.28. The Balaban J connectivity index is 2.03. The van der Waals surface area contributed by atoms with Crippen LogP contribution in [0.5, 0.6) is 0 Å². The van der Waals surface area contributed by atoms with E-state index in [1.165, 1.54) is 0 Å². The second-order valence-corrected chi connectivity index (χ2v) is 5.08. The van der Waals surface area contributed by atoms with E-state index in [-0.39, 0.29) is 12.5 Å². The number of rotatable bonds is 4. The number of hydrogen-bond donors (Lipinski definition) is 1. The number of nitrogens with zero attached hydrogens (tertiary/aromatic N) is 1. The van der Waals surface area contributed by atoms with Crippen LogP contribution in [0.15, 0.2) is 18.2 Å². The third-order valence-corrected chi connectivity index (χ3v) is 3.44. The van der Waals surface area contributed by atoms with Crippen LogP contribution in [0.25, 0.3) is 0 Å². The molecule has 1 aromatic carbocycles. The van der Waals surface area contributed by atoms with Crippen molar-refractivity contribution in [2.24, 2.45) is 5.73 Å². The zero-order valence-corrected chi connectivity index (χ0v) is 11.6. The minimum Gasteiger partial charge on any atom is -0.370 e. The van der Waals surface area contributed by atoms with Gasteiger partial charge in [-0.15, -0.1) is 0 Å². The van der Waals surface area contributed by atoms with Gasteiger partial charge in [-0.3, -0.25) is 4.79 Å². The van der Waals surface area contributed by atoms with Gasteiger partial charge in [0.2, 0.25) is 5.91 Å². The highest BCUT2D eigenvalue weighted by Crippen LogP contribution is 2.29. The Kier molecular flexibility index (Phi) is 4.53. The zero-order valence-electron chi connectivity index (χ0n) is 11.6. The number of fused-ring (bicyclic) bond motifs is 1. The highest BCUT2D eigenvalue weighted by molar-refractivity contribution is 5.95. The summed E-state index contributed by atoms with van der Waals surface area (Å²) in [6.45, 7) is -1.50. The van der Waals surface area contributed by atoms with Crippen LogP contribution in [-0.4, -0.2) is 32.3 Å². The summed E-state index contributed by atoms with van der Waals surface area (Å²) in [4.78, 5) is 13.2. The molecule has 2 rings (SSSR count). The normalized spacial score (nSPS) is 16.8. The van der Waals surface area contributed by atoms with E-state index >= 15 is 0 Å². The number of nitrogens with two attached hydrogens (primary N) is 1. The number of carbonyl (C=O) groups is 1. The summed E-state index contributed by atoms with van der Waals surface area (Å²) in [5, 5.41) is 0. The van der Waals surface area contributed by atoms with Crippen molar-refractivity contribution in [3.05, 3.63) is 29.3 Å². The monoisotopic (exact) mass is 302 g/mol. The van der Waals surface area contributed by atoms with E-state index < -0.39 is 18.8 Å². The van der Waals surface area contributed by atoms with Gasteiger partial charge in [0.1, 0.15) is 6.61 Å². The van der Waals surface area contributed by atoms with Gasteiger partial charge in [0.05, 0.1) is 12.6 Å². The first kappa shape index (κ1) is 15.8. The van der Waals surface area contributed by atoms with Crippen molar-refractivity contribution in [1.29, 1.82) is 0 Å². The first-order chi connectivity index (χ1) is 9.78. The lowest BCUT2D eigenvalue weighted by Crippen LogP contribution is -2.31. The molecule has 1 aromatic rings. The van der Waals surface area contributed by atoms with Crippen molar-refractivity contribution in [2.75, 3.05) is 25.2 Å². The van der Waals surface area contributed by atoms with Gasteiger partial charge < -0.3 is 15.4 Å². The van der Waals surface area contributed by atoms with Gasteiger partial charge in [-0.1, -0.05) is 12.1 Å². The molecule has 1 aliphatic heterocycles. The van der Waals surface area contributed by atoms with Crippen LogP contribution in [-0.2, 0) is 16.0 Å². The number of amides is 1. The van der Waals surface area contributed by atoms with E-state index in [1.807, 2.05) is 6.07 Å². The van der Waals surface area contributed by atoms with E-state index in [0.717, 1.165) is 11.3 Å². The molecule has 4 nitrogen and oxygen atoms in total. The molecule has 0 aromatic heterocycles. The number of hydrogen-bond acceptors (Lipinski definition) is 3. The predicted octanol–water partition coefficient (Wildman–Crippen LogP) is 2.17. The number of ether oxygens (including phenoxy) is 1. The summed E-state index contributed by atoms with van der Waals surface area (Å²) >= 11 is 0. The molecule has 7 heteroatoms. The fourth-order valence-corrected chi connectivity index (χ4v) is 2.31. The molecular formula is C14H17F3N2O2. The second-order valence-electron chi connectivity index (χ2n) is 5.08. The molecule has 0 bridgehead atoms. The molecule has 1 atom stereocenters. The summed E-state index contributed by atoms with van der Waals surface area (Å²) in [5.41, 5.74) is 8.34. The average Bonchev–Trinajstić information content (AvgIpc) is 2.41. The number of halogens is 3. The van der Waals surface area contributed by atoms with Crippen molar-refractivity contribution in [1.82, 2.24) is 0 Å². The topological polar surface area (TPSA) is 55.6 Å². The molecule has 0 fully saturated rings. The largest absolute Gasteiger partial charge is 0.411 e.